The summed E-state index contributed by atoms with van der Waals surface area (Å²) in [5.74, 6) is -0.309. The SMILES string of the molecule is Cc1cccc(O)c1NC(=O)c1ccc(NC(=O)N2Cc3ccccc3C2)cc1. The summed E-state index contributed by atoms with van der Waals surface area (Å²) in [5.41, 5.74) is 4.53. The van der Waals surface area contributed by atoms with Gasteiger partial charge in [0.25, 0.3) is 5.91 Å². The van der Waals surface area contributed by atoms with Crippen molar-refractivity contribution in [3.63, 3.8) is 0 Å². The van der Waals surface area contributed by atoms with E-state index in [9.17, 15) is 14.7 Å². The summed E-state index contributed by atoms with van der Waals surface area (Å²) < 4.78 is 0. The van der Waals surface area contributed by atoms with Crippen LogP contribution in [-0.2, 0) is 13.1 Å². The second-order valence-electron chi connectivity index (χ2n) is 7.06. The predicted octanol–water partition coefficient (Wildman–Crippen LogP) is 4.50. The summed E-state index contributed by atoms with van der Waals surface area (Å²) in [7, 11) is 0. The zero-order valence-corrected chi connectivity index (χ0v) is 16.0. The fourth-order valence-corrected chi connectivity index (χ4v) is 3.38. The molecule has 4 rings (SSSR count). The lowest BCUT2D eigenvalue weighted by atomic mass is 10.1. The first kappa shape index (κ1) is 18.6. The van der Waals surface area contributed by atoms with Crippen LogP contribution in [0.2, 0.25) is 0 Å². The number of benzene rings is 3. The molecule has 0 aliphatic carbocycles. The number of fused-ring (bicyclic) bond motifs is 1. The van der Waals surface area contributed by atoms with E-state index in [0.717, 1.165) is 16.7 Å². The van der Waals surface area contributed by atoms with E-state index in [0.29, 0.717) is 30.0 Å². The Bertz CT molecular complexity index is 1030. The summed E-state index contributed by atoms with van der Waals surface area (Å²) in [6, 6.07) is 19.5. The number of phenols is 1. The third kappa shape index (κ3) is 3.91. The van der Waals surface area contributed by atoms with Crippen LogP contribution in [0.25, 0.3) is 0 Å². The Morgan fingerprint density at radius 2 is 1.52 bits per heavy atom. The number of para-hydroxylation sites is 1. The van der Waals surface area contributed by atoms with Gasteiger partial charge in [0.15, 0.2) is 0 Å². The fraction of sp³-hybridized carbons (Fsp3) is 0.130. The molecule has 3 aromatic carbocycles. The lowest BCUT2D eigenvalue weighted by molar-refractivity contribution is 0.102. The summed E-state index contributed by atoms with van der Waals surface area (Å²) in [5, 5.41) is 15.5. The van der Waals surface area contributed by atoms with E-state index in [-0.39, 0.29) is 17.7 Å². The van der Waals surface area contributed by atoms with Gasteiger partial charge in [0.2, 0.25) is 0 Å². The molecule has 0 saturated carbocycles. The number of aromatic hydroxyl groups is 1. The number of hydrogen-bond acceptors (Lipinski definition) is 3. The van der Waals surface area contributed by atoms with Crippen molar-refractivity contribution in [1.82, 2.24) is 4.90 Å². The van der Waals surface area contributed by atoms with Gasteiger partial charge in [0, 0.05) is 24.3 Å². The van der Waals surface area contributed by atoms with E-state index in [1.165, 1.54) is 6.07 Å². The third-order valence-electron chi connectivity index (χ3n) is 5.02. The molecule has 0 saturated heterocycles. The Morgan fingerprint density at radius 1 is 0.862 bits per heavy atom. The molecule has 0 atom stereocenters. The maximum atomic E-state index is 12.5. The topological polar surface area (TPSA) is 81.7 Å². The Balaban J connectivity index is 1.39. The van der Waals surface area contributed by atoms with Gasteiger partial charge < -0.3 is 20.6 Å². The number of nitrogens with zero attached hydrogens (tertiary/aromatic N) is 1. The molecular formula is C23H21N3O3. The van der Waals surface area contributed by atoms with Crippen LogP contribution in [0.15, 0.2) is 66.7 Å². The third-order valence-corrected chi connectivity index (χ3v) is 5.02. The van der Waals surface area contributed by atoms with Crippen LogP contribution < -0.4 is 10.6 Å². The molecule has 1 heterocycles. The lowest BCUT2D eigenvalue weighted by Crippen LogP contribution is -2.30. The highest BCUT2D eigenvalue weighted by atomic mass is 16.3. The number of rotatable bonds is 3. The Labute approximate surface area is 168 Å². The minimum atomic E-state index is -0.331. The molecule has 29 heavy (non-hydrogen) atoms. The van der Waals surface area contributed by atoms with Crippen LogP contribution in [0.3, 0.4) is 0 Å². The molecule has 0 spiro atoms. The van der Waals surface area contributed by atoms with Crippen molar-refractivity contribution in [2.75, 3.05) is 10.6 Å². The highest BCUT2D eigenvalue weighted by Gasteiger charge is 2.22. The van der Waals surface area contributed by atoms with Gasteiger partial charge in [-0.25, -0.2) is 4.79 Å². The van der Waals surface area contributed by atoms with Crippen LogP contribution in [0.4, 0.5) is 16.2 Å². The molecule has 3 N–H and O–H groups in total. The molecule has 0 unspecified atom stereocenters. The standard InChI is InChI=1S/C23H21N3O3/c1-15-5-4-8-20(27)21(15)25-22(28)16-9-11-19(12-10-16)24-23(29)26-13-17-6-2-3-7-18(17)14-26/h2-12,27H,13-14H2,1H3,(H,24,29)(H,25,28). The van der Waals surface area contributed by atoms with Crippen molar-refractivity contribution >= 4 is 23.3 Å². The Kier molecular flexibility index (Phi) is 4.91. The van der Waals surface area contributed by atoms with E-state index >= 15 is 0 Å². The van der Waals surface area contributed by atoms with E-state index < -0.39 is 0 Å². The van der Waals surface area contributed by atoms with Gasteiger partial charge in [-0.2, -0.15) is 0 Å². The van der Waals surface area contributed by atoms with Crippen LogP contribution >= 0.6 is 0 Å². The van der Waals surface area contributed by atoms with Crippen molar-refractivity contribution in [3.05, 3.63) is 89.0 Å². The summed E-state index contributed by atoms with van der Waals surface area (Å²) >= 11 is 0. The second kappa shape index (κ2) is 7.67. The fourth-order valence-electron chi connectivity index (χ4n) is 3.38. The van der Waals surface area contributed by atoms with Gasteiger partial charge in [0.05, 0.1) is 5.69 Å². The van der Waals surface area contributed by atoms with Gasteiger partial charge >= 0.3 is 6.03 Å². The van der Waals surface area contributed by atoms with Crippen LogP contribution in [-0.4, -0.2) is 21.9 Å². The number of carbonyl (C=O) groups is 2. The molecular weight excluding hydrogens is 366 g/mol. The Morgan fingerprint density at radius 3 is 2.14 bits per heavy atom. The maximum Gasteiger partial charge on any atom is 0.322 e. The number of nitrogens with one attached hydrogen (secondary N) is 2. The second-order valence-corrected chi connectivity index (χ2v) is 7.06. The summed E-state index contributed by atoms with van der Waals surface area (Å²) in [6.45, 7) is 2.98. The van der Waals surface area contributed by atoms with Crippen LogP contribution in [0, 0.1) is 6.92 Å². The van der Waals surface area contributed by atoms with Gasteiger partial charge in [-0.3, -0.25) is 4.79 Å². The normalized spacial score (nSPS) is 12.4. The summed E-state index contributed by atoms with van der Waals surface area (Å²) in [6.07, 6.45) is 0. The quantitative estimate of drug-likeness (QED) is 0.579. The number of phenolic OH excluding ortho intramolecular Hbond substituents is 1. The molecule has 0 fully saturated rings. The smallest absolute Gasteiger partial charge is 0.322 e. The van der Waals surface area contributed by atoms with Crippen LogP contribution in [0.1, 0.15) is 27.0 Å². The number of amides is 3. The monoisotopic (exact) mass is 387 g/mol. The molecule has 3 amide bonds. The molecule has 3 aromatic rings. The molecule has 1 aliphatic heterocycles. The maximum absolute atomic E-state index is 12.5. The molecule has 6 heteroatoms. The average Bonchev–Trinajstić information content (AvgIpc) is 3.16. The highest BCUT2D eigenvalue weighted by Crippen LogP contribution is 2.27. The van der Waals surface area contributed by atoms with E-state index in [4.69, 9.17) is 0 Å². The first-order valence-corrected chi connectivity index (χ1v) is 9.34. The van der Waals surface area contributed by atoms with Gasteiger partial charge in [-0.1, -0.05) is 36.4 Å². The molecule has 0 aromatic heterocycles. The largest absolute Gasteiger partial charge is 0.506 e. The first-order chi connectivity index (χ1) is 14.0. The zero-order chi connectivity index (χ0) is 20.4. The number of hydrogen-bond donors (Lipinski definition) is 3. The van der Waals surface area contributed by atoms with Crippen molar-refractivity contribution in [3.8, 4) is 5.75 Å². The average molecular weight is 387 g/mol. The summed E-state index contributed by atoms with van der Waals surface area (Å²) in [4.78, 5) is 26.7. The number of urea groups is 1. The van der Waals surface area contributed by atoms with E-state index in [1.54, 1.807) is 35.2 Å². The zero-order valence-electron chi connectivity index (χ0n) is 16.0. The number of carbonyl (C=O) groups excluding carboxylic acids is 2. The predicted molar refractivity (Wildman–Crippen MR) is 112 cm³/mol. The minimum Gasteiger partial charge on any atom is -0.506 e. The van der Waals surface area contributed by atoms with Crippen molar-refractivity contribution in [1.29, 1.82) is 0 Å². The highest BCUT2D eigenvalue weighted by molar-refractivity contribution is 6.05. The molecule has 146 valence electrons. The molecule has 0 radical (unpaired) electrons. The molecule has 0 bridgehead atoms. The molecule has 1 aliphatic rings. The number of anilines is 2. The van der Waals surface area contributed by atoms with Crippen LogP contribution in [0.5, 0.6) is 5.75 Å². The molecule has 6 nitrogen and oxygen atoms in total. The van der Waals surface area contributed by atoms with Gasteiger partial charge in [-0.05, 0) is 53.9 Å². The van der Waals surface area contributed by atoms with E-state index in [1.807, 2.05) is 37.3 Å². The van der Waals surface area contributed by atoms with Crippen molar-refractivity contribution in [2.45, 2.75) is 20.0 Å². The van der Waals surface area contributed by atoms with Crippen molar-refractivity contribution < 1.29 is 14.7 Å². The van der Waals surface area contributed by atoms with Crippen molar-refractivity contribution in [2.24, 2.45) is 0 Å². The minimum absolute atomic E-state index is 0.0221. The first-order valence-electron chi connectivity index (χ1n) is 9.34. The van der Waals surface area contributed by atoms with Gasteiger partial charge in [-0.15, -0.1) is 0 Å². The van der Waals surface area contributed by atoms with E-state index in [2.05, 4.69) is 10.6 Å². The number of aryl methyl sites for hydroxylation is 1. The van der Waals surface area contributed by atoms with Gasteiger partial charge in [0.1, 0.15) is 5.75 Å². The Hall–Kier alpha value is -3.80. The lowest BCUT2D eigenvalue weighted by Gasteiger charge is -2.16.